The first-order valence-corrected chi connectivity index (χ1v) is 8.07. The van der Waals surface area contributed by atoms with Crippen molar-refractivity contribution in [1.82, 2.24) is 0 Å². The van der Waals surface area contributed by atoms with Crippen molar-refractivity contribution in [2.24, 2.45) is 0 Å². The normalized spacial score (nSPS) is 10.3. The van der Waals surface area contributed by atoms with Gasteiger partial charge < -0.3 is 14.8 Å². The van der Waals surface area contributed by atoms with E-state index >= 15 is 0 Å². The highest BCUT2D eigenvalue weighted by Crippen LogP contribution is 2.18. The summed E-state index contributed by atoms with van der Waals surface area (Å²) in [6.07, 6.45) is 0. The third-order valence-corrected chi connectivity index (χ3v) is 3.86. The van der Waals surface area contributed by atoms with Gasteiger partial charge >= 0.3 is 0 Å². The van der Waals surface area contributed by atoms with Crippen molar-refractivity contribution in [3.05, 3.63) is 89.7 Å². The lowest BCUT2D eigenvalue weighted by atomic mass is 10.2. The summed E-state index contributed by atoms with van der Waals surface area (Å²) in [5.41, 5.74) is 2.71. The van der Waals surface area contributed by atoms with Crippen LogP contribution in [0.4, 0.5) is 10.1 Å². The molecule has 0 fully saturated rings. The van der Waals surface area contributed by atoms with E-state index in [0.717, 1.165) is 22.7 Å². The van der Waals surface area contributed by atoms with Gasteiger partial charge in [0.2, 0.25) is 0 Å². The van der Waals surface area contributed by atoms with Crippen molar-refractivity contribution < 1.29 is 13.9 Å². The van der Waals surface area contributed by atoms with Gasteiger partial charge in [-0.3, -0.25) is 0 Å². The van der Waals surface area contributed by atoms with Gasteiger partial charge in [-0.2, -0.15) is 0 Å². The van der Waals surface area contributed by atoms with E-state index < -0.39 is 0 Å². The molecule has 0 saturated heterocycles. The van der Waals surface area contributed by atoms with Gasteiger partial charge in [-0.05, 0) is 48.0 Å². The smallest absolute Gasteiger partial charge is 0.129 e. The molecule has 0 aliphatic carbocycles. The number of halogens is 1. The number of hydrogen-bond acceptors (Lipinski definition) is 3. The van der Waals surface area contributed by atoms with Crippen LogP contribution in [0, 0.1) is 5.82 Å². The lowest BCUT2D eigenvalue weighted by Gasteiger charge is -2.10. The molecule has 0 aliphatic heterocycles. The minimum atomic E-state index is -0.247. The zero-order chi connectivity index (χ0) is 17.5. The second-order valence-corrected chi connectivity index (χ2v) is 5.61. The summed E-state index contributed by atoms with van der Waals surface area (Å²) >= 11 is 0. The number of ether oxygens (including phenoxy) is 2. The first-order chi connectivity index (χ1) is 12.2. The van der Waals surface area contributed by atoms with E-state index in [9.17, 15) is 4.39 Å². The average molecular weight is 337 g/mol. The molecule has 3 aromatic rings. The molecule has 1 N–H and O–H groups in total. The van der Waals surface area contributed by atoms with Crippen LogP contribution in [0.1, 0.15) is 11.1 Å². The molecule has 0 saturated carbocycles. The largest absolute Gasteiger partial charge is 0.497 e. The van der Waals surface area contributed by atoms with Crippen LogP contribution in [0.5, 0.6) is 11.5 Å². The summed E-state index contributed by atoms with van der Waals surface area (Å²) in [4.78, 5) is 0. The van der Waals surface area contributed by atoms with E-state index in [0.29, 0.717) is 12.1 Å². The summed E-state index contributed by atoms with van der Waals surface area (Å²) in [6.45, 7) is 0.927. The summed E-state index contributed by atoms with van der Waals surface area (Å²) in [7, 11) is 1.65. The Bertz CT molecular complexity index is 801. The number of rotatable bonds is 7. The maximum absolute atomic E-state index is 13.6. The van der Waals surface area contributed by atoms with Gasteiger partial charge in [0.1, 0.15) is 23.9 Å². The third kappa shape index (κ3) is 4.73. The zero-order valence-electron chi connectivity index (χ0n) is 14.0. The van der Waals surface area contributed by atoms with Crippen LogP contribution in [-0.2, 0) is 13.2 Å². The average Bonchev–Trinajstić information content (AvgIpc) is 2.67. The molecular formula is C21H20FNO2. The first-order valence-electron chi connectivity index (χ1n) is 8.07. The lowest BCUT2D eigenvalue weighted by molar-refractivity contribution is 0.300. The van der Waals surface area contributed by atoms with Crippen molar-refractivity contribution in [2.45, 2.75) is 13.2 Å². The molecule has 0 aromatic heterocycles. The van der Waals surface area contributed by atoms with E-state index in [1.807, 2.05) is 48.5 Å². The van der Waals surface area contributed by atoms with Gasteiger partial charge in [0.05, 0.1) is 7.11 Å². The standard InChI is InChI=1S/C21H20FNO2/c1-24-19-12-8-18(9-13-19)23-14-16-6-10-20(11-7-16)25-15-17-4-2-3-5-21(17)22/h2-13,23H,14-15H2,1H3. The van der Waals surface area contributed by atoms with Crippen molar-refractivity contribution in [3.63, 3.8) is 0 Å². The number of methoxy groups -OCH3 is 1. The van der Waals surface area contributed by atoms with Gasteiger partial charge in [-0.1, -0.05) is 30.3 Å². The van der Waals surface area contributed by atoms with Crippen molar-refractivity contribution in [3.8, 4) is 11.5 Å². The molecule has 0 spiro atoms. The van der Waals surface area contributed by atoms with Gasteiger partial charge in [-0.25, -0.2) is 4.39 Å². The van der Waals surface area contributed by atoms with Gasteiger partial charge in [0.25, 0.3) is 0 Å². The third-order valence-electron chi connectivity index (χ3n) is 3.86. The van der Waals surface area contributed by atoms with Crippen LogP contribution in [0.3, 0.4) is 0 Å². The highest BCUT2D eigenvalue weighted by atomic mass is 19.1. The Morgan fingerprint density at radius 1 is 0.840 bits per heavy atom. The quantitative estimate of drug-likeness (QED) is 0.656. The highest BCUT2D eigenvalue weighted by molar-refractivity contribution is 5.47. The first kappa shape index (κ1) is 16.8. The number of nitrogens with one attached hydrogen (secondary N) is 1. The van der Waals surface area contributed by atoms with E-state index in [2.05, 4.69) is 5.32 Å². The molecule has 128 valence electrons. The Labute approximate surface area is 147 Å². The Balaban J connectivity index is 1.52. The Morgan fingerprint density at radius 3 is 2.20 bits per heavy atom. The number of anilines is 1. The molecular weight excluding hydrogens is 317 g/mol. The summed E-state index contributed by atoms with van der Waals surface area (Å²) in [5, 5.41) is 3.35. The van der Waals surface area contributed by atoms with Crippen LogP contribution >= 0.6 is 0 Å². The Kier molecular flexibility index (Phi) is 5.52. The molecule has 0 heterocycles. The second kappa shape index (κ2) is 8.20. The maximum Gasteiger partial charge on any atom is 0.129 e. The molecule has 0 amide bonds. The molecule has 3 nitrogen and oxygen atoms in total. The fourth-order valence-electron chi connectivity index (χ4n) is 2.39. The number of benzene rings is 3. The molecule has 3 aromatic carbocycles. The molecule has 3 rings (SSSR count). The topological polar surface area (TPSA) is 30.5 Å². The maximum atomic E-state index is 13.6. The predicted molar refractivity (Wildman–Crippen MR) is 97.5 cm³/mol. The predicted octanol–water partition coefficient (Wildman–Crippen LogP) is 5.03. The SMILES string of the molecule is COc1ccc(NCc2ccc(OCc3ccccc3F)cc2)cc1. The molecule has 25 heavy (non-hydrogen) atoms. The molecule has 0 aliphatic rings. The van der Waals surface area contributed by atoms with Crippen molar-refractivity contribution >= 4 is 5.69 Å². The monoisotopic (exact) mass is 337 g/mol. The molecule has 0 bridgehead atoms. The van der Waals surface area contributed by atoms with Crippen LogP contribution in [0.2, 0.25) is 0 Å². The Morgan fingerprint density at radius 2 is 1.52 bits per heavy atom. The van der Waals surface area contributed by atoms with E-state index in [1.54, 1.807) is 25.3 Å². The van der Waals surface area contributed by atoms with E-state index in [1.165, 1.54) is 6.07 Å². The molecule has 0 radical (unpaired) electrons. The van der Waals surface area contributed by atoms with Crippen LogP contribution in [-0.4, -0.2) is 7.11 Å². The fourth-order valence-corrected chi connectivity index (χ4v) is 2.39. The van der Waals surface area contributed by atoms with Gasteiger partial charge in [-0.15, -0.1) is 0 Å². The number of hydrogen-bond donors (Lipinski definition) is 1. The minimum Gasteiger partial charge on any atom is -0.497 e. The van der Waals surface area contributed by atoms with Gasteiger partial charge in [0.15, 0.2) is 0 Å². The molecule has 0 unspecified atom stereocenters. The van der Waals surface area contributed by atoms with Crippen LogP contribution in [0.15, 0.2) is 72.8 Å². The van der Waals surface area contributed by atoms with Crippen molar-refractivity contribution in [2.75, 3.05) is 12.4 Å². The van der Waals surface area contributed by atoms with E-state index in [-0.39, 0.29) is 12.4 Å². The van der Waals surface area contributed by atoms with Crippen LogP contribution in [0.25, 0.3) is 0 Å². The Hall–Kier alpha value is -3.01. The molecule has 0 atom stereocenters. The summed E-state index contributed by atoms with van der Waals surface area (Å²) in [5.74, 6) is 1.31. The molecule has 4 heteroatoms. The minimum absolute atomic E-state index is 0.218. The highest BCUT2D eigenvalue weighted by Gasteiger charge is 2.02. The van der Waals surface area contributed by atoms with Gasteiger partial charge in [0, 0.05) is 17.8 Å². The van der Waals surface area contributed by atoms with Crippen molar-refractivity contribution in [1.29, 1.82) is 0 Å². The summed E-state index contributed by atoms with van der Waals surface area (Å²) < 4.78 is 24.4. The zero-order valence-corrected chi connectivity index (χ0v) is 14.0. The summed E-state index contributed by atoms with van der Waals surface area (Å²) in [6, 6.07) is 22.2. The van der Waals surface area contributed by atoms with Crippen LogP contribution < -0.4 is 14.8 Å². The lowest BCUT2D eigenvalue weighted by Crippen LogP contribution is -2.00. The fraction of sp³-hybridized carbons (Fsp3) is 0.143. The second-order valence-electron chi connectivity index (χ2n) is 5.61. The van der Waals surface area contributed by atoms with E-state index in [4.69, 9.17) is 9.47 Å².